The molecule has 2 N–H and O–H groups in total. The molecule has 102 valence electrons. The Balaban J connectivity index is 1.92. The lowest BCUT2D eigenvalue weighted by Crippen LogP contribution is -2.02. The van der Waals surface area contributed by atoms with E-state index in [1.807, 2.05) is 41.0 Å². The number of imidazole rings is 1. The van der Waals surface area contributed by atoms with E-state index < -0.39 is 0 Å². The number of anilines is 1. The van der Waals surface area contributed by atoms with Crippen molar-refractivity contribution in [3.63, 3.8) is 0 Å². The molecule has 3 aromatic rings. The zero-order valence-corrected chi connectivity index (χ0v) is 11.3. The Morgan fingerprint density at radius 2 is 2.00 bits per heavy atom. The van der Waals surface area contributed by atoms with E-state index in [1.54, 1.807) is 18.7 Å². The van der Waals surface area contributed by atoms with Crippen molar-refractivity contribution in [3.05, 3.63) is 66.2 Å². The molecular formula is C16H13N5. The fraction of sp³-hybridized carbons (Fsp3) is 0.0625. The highest BCUT2D eigenvalue weighted by Gasteiger charge is 2.09. The zero-order valence-electron chi connectivity index (χ0n) is 11.3. The van der Waals surface area contributed by atoms with Crippen LogP contribution in [0.4, 0.5) is 5.82 Å². The summed E-state index contributed by atoms with van der Waals surface area (Å²) in [6.45, 7) is 0.662. The van der Waals surface area contributed by atoms with Gasteiger partial charge < -0.3 is 10.3 Å². The Hall–Kier alpha value is -3.13. The number of rotatable bonds is 3. The molecule has 0 saturated carbocycles. The number of nitrogens with two attached hydrogens (primary N) is 1. The van der Waals surface area contributed by atoms with Crippen LogP contribution in [-0.2, 0) is 6.54 Å². The van der Waals surface area contributed by atoms with Crippen LogP contribution in [0.2, 0.25) is 0 Å². The fourth-order valence-corrected chi connectivity index (χ4v) is 2.19. The third kappa shape index (κ3) is 2.60. The van der Waals surface area contributed by atoms with Gasteiger partial charge in [0.1, 0.15) is 5.82 Å². The average molecular weight is 275 g/mol. The first-order valence-corrected chi connectivity index (χ1v) is 6.48. The van der Waals surface area contributed by atoms with Crippen LogP contribution in [0.5, 0.6) is 0 Å². The lowest BCUT2D eigenvalue weighted by Gasteiger charge is -2.09. The van der Waals surface area contributed by atoms with Gasteiger partial charge in [0.05, 0.1) is 29.9 Å². The predicted octanol–water partition coefficient (Wildman–Crippen LogP) is 2.45. The number of hydrogen-bond donors (Lipinski definition) is 1. The van der Waals surface area contributed by atoms with Gasteiger partial charge in [0.25, 0.3) is 0 Å². The molecule has 2 aromatic heterocycles. The van der Waals surface area contributed by atoms with Crippen molar-refractivity contribution >= 4 is 5.82 Å². The van der Waals surface area contributed by atoms with Gasteiger partial charge in [-0.05, 0) is 29.8 Å². The van der Waals surface area contributed by atoms with Crippen LogP contribution >= 0.6 is 0 Å². The Morgan fingerprint density at radius 1 is 1.19 bits per heavy atom. The fourth-order valence-electron chi connectivity index (χ4n) is 2.19. The number of nitriles is 1. The number of nitrogens with zero attached hydrogens (tertiary/aromatic N) is 4. The second-order valence-electron chi connectivity index (χ2n) is 4.65. The molecule has 21 heavy (non-hydrogen) atoms. The third-order valence-electron chi connectivity index (χ3n) is 3.26. The van der Waals surface area contributed by atoms with E-state index in [-0.39, 0.29) is 0 Å². The highest BCUT2D eigenvalue weighted by atomic mass is 15.0. The quantitative estimate of drug-likeness (QED) is 0.796. The lowest BCUT2D eigenvalue weighted by molar-refractivity contribution is 0.804. The minimum absolute atomic E-state index is 0.485. The van der Waals surface area contributed by atoms with Crippen LogP contribution < -0.4 is 5.73 Å². The van der Waals surface area contributed by atoms with Gasteiger partial charge in [-0.3, -0.25) is 0 Å². The maximum absolute atomic E-state index is 8.82. The normalized spacial score (nSPS) is 10.2. The standard InChI is InChI=1S/C16H13N5/c17-8-12-3-5-13(6-4-12)10-21-11-19-9-15(21)14-2-1-7-20-16(14)18/h1-7,9,11H,10H2,(H2,18,20). The zero-order chi connectivity index (χ0) is 14.7. The summed E-state index contributed by atoms with van der Waals surface area (Å²) in [5.74, 6) is 0.485. The van der Waals surface area contributed by atoms with Crippen LogP contribution in [0.25, 0.3) is 11.3 Å². The smallest absolute Gasteiger partial charge is 0.132 e. The lowest BCUT2D eigenvalue weighted by atomic mass is 10.1. The van der Waals surface area contributed by atoms with Gasteiger partial charge in [0.15, 0.2) is 0 Å². The van der Waals surface area contributed by atoms with E-state index in [4.69, 9.17) is 11.0 Å². The summed E-state index contributed by atoms with van der Waals surface area (Å²) >= 11 is 0. The second kappa shape index (κ2) is 5.47. The first-order valence-electron chi connectivity index (χ1n) is 6.48. The number of nitrogen functional groups attached to an aromatic ring is 1. The van der Waals surface area contributed by atoms with Gasteiger partial charge in [-0.15, -0.1) is 0 Å². The van der Waals surface area contributed by atoms with Gasteiger partial charge in [0.2, 0.25) is 0 Å². The van der Waals surface area contributed by atoms with Crippen molar-refractivity contribution in [2.24, 2.45) is 0 Å². The molecule has 0 fully saturated rings. The van der Waals surface area contributed by atoms with E-state index in [2.05, 4.69) is 16.0 Å². The van der Waals surface area contributed by atoms with Gasteiger partial charge in [-0.2, -0.15) is 5.26 Å². The molecule has 2 heterocycles. The van der Waals surface area contributed by atoms with Crippen LogP contribution in [0.3, 0.4) is 0 Å². The molecule has 0 unspecified atom stereocenters. The number of hydrogen-bond acceptors (Lipinski definition) is 4. The van der Waals surface area contributed by atoms with Gasteiger partial charge in [-0.1, -0.05) is 12.1 Å². The molecule has 3 rings (SSSR count). The first kappa shape index (κ1) is 12.9. The van der Waals surface area contributed by atoms with E-state index in [0.29, 0.717) is 17.9 Å². The summed E-state index contributed by atoms with van der Waals surface area (Å²) in [6, 6.07) is 13.4. The maximum atomic E-state index is 8.82. The molecule has 0 spiro atoms. The van der Waals surface area contributed by atoms with Crippen molar-refractivity contribution in [1.29, 1.82) is 5.26 Å². The molecule has 0 aliphatic rings. The Labute approximate surface area is 122 Å². The molecule has 0 saturated heterocycles. The minimum atomic E-state index is 0.485. The molecular weight excluding hydrogens is 262 g/mol. The van der Waals surface area contributed by atoms with E-state index in [9.17, 15) is 0 Å². The first-order chi connectivity index (χ1) is 10.3. The molecule has 0 aliphatic heterocycles. The predicted molar refractivity (Wildman–Crippen MR) is 80.1 cm³/mol. The van der Waals surface area contributed by atoms with Gasteiger partial charge in [0, 0.05) is 18.3 Å². The highest BCUT2D eigenvalue weighted by Crippen LogP contribution is 2.24. The Morgan fingerprint density at radius 3 is 2.71 bits per heavy atom. The van der Waals surface area contributed by atoms with Crippen LogP contribution in [0.1, 0.15) is 11.1 Å². The van der Waals surface area contributed by atoms with Crippen molar-refractivity contribution in [1.82, 2.24) is 14.5 Å². The Kier molecular flexibility index (Phi) is 3.36. The Bertz CT molecular complexity index is 796. The van der Waals surface area contributed by atoms with E-state index in [0.717, 1.165) is 16.8 Å². The SMILES string of the molecule is N#Cc1ccc(Cn2cncc2-c2cccnc2N)cc1. The monoisotopic (exact) mass is 275 g/mol. The van der Waals surface area contributed by atoms with Crippen molar-refractivity contribution < 1.29 is 0 Å². The maximum Gasteiger partial charge on any atom is 0.132 e. The molecule has 0 bridgehead atoms. The van der Waals surface area contributed by atoms with Crippen LogP contribution in [0.15, 0.2) is 55.1 Å². The molecule has 0 aliphatic carbocycles. The molecule has 0 radical (unpaired) electrons. The molecule has 0 atom stereocenters. The highest BCUT2D eigenvalue weighted by molar-refractivity contribution is 5.70. The molecule has 0 amide bonds. The molecule has 5 heteroatoms. The minimum Gasteiger partial charge on any atom is -0.383 e. The van der Waals surface area contributed by atoms with Gasteiger partial charge in [-0.25, -0.2) is 9.97 Å². The summed E-state index contributed by atoms with van der Waals surface area (Å²) in [4.78, 5) is 8.30. The summed E-state index contributed by atoms with van der Waals surface area (Å²) in [5.41, 5.74) is 9.46. The van der Waals surface area contributed by atoms with E-state index >= 15 is 0 Å². The third-order valence-corrected chi connectivity index (χ3v) is 3.26. The van der Waals surface area contributed by atoms with Crippen molar-refractivity contribution in [3.8, 4) is 17.3 Å². The average Bonchev–Trinajstić information content (AvgIpc) is 2.96. The summed E-state index contributed by atoms with van der Waals surface area (Å²) < 4.78 is 2.01. The number of pyridine rings is 1. The summed E-state index contributed by atoms with van der Waals surface area (Å²) in [7, 11) is 0. The topological polar surface area (TPSA) is 80.5 Å². The van der Waals surface area contributed by atoms with Crippen molar-refractivity contribution in [2.75, 3.05) is 5.73 Å². The molecule has 1 aromatic carbocycles. The second-order valence-corrected chi connectivity index (χ2v) is 4.65. The van der Waals surface area contributed by atoms with Crippen LogP contribution in [0, 0.1) is 11.3 Å². The number of benzene rings is 1. The van der Waals surface area contributed by atoms with Crippen LogP contribution in [-0.4, -0.2) is 14.5 Å². The van der Waals surface area contributed by atoms with Gasteiger partial charge >= 0.3 is 0 Å². The largest absolute Gasteiger partial charge is 0.383 e. The molecule has 5 nitrogen and oxygen atoms in total. The number of aromatic nitrogens is 3. The summed E-state index contributed by atoms with van der Waals surface area (Å²) in [5, 5.41) is 8.82. The summed E-state index contributed by atoms with van der Waals surface area (Å²) in [6.07, 6.45) is 5.21. The van der Waals surface area contributed by atoms with Crippen molar-refractivity contribution in [2.45, 2.75) is 6.54 Å². The van der Waals surface area contributed by atoms with E-state index in [1.165, 1.54) is 0 Å².